The van der Waals surface area contributed by atoms with E-state index in [0.717, 1.165) is 24.0 Å². The van der Waals surface area contributed by atoms with Gasteiger partial charge in [-0.1, -0.05) is 0 Å². The Bertz CT molecular complexity index is 747. The summed E-state index contributed by atoms with van der Waals surface area (Å²) in [5.74, 6) is -1.20. The molecule has 1 aliphatic heterocycles. The maximum Gasteiger partial charge on any atom is 0.308 e. The minimum atomic E-state index is -0.794. The summed E-state index contributed by atoms with van der Waals surface area (Å²) in [7, 11) is 0. The van der Waals surface area contributed by atoms with Crippen LogP contribution in [0.5, 0.6) is 0 Å². The second-order valence-electron chi connectivity index (χ2n) is 5.41. The van der Waals surface area contributed by atoms with E-state index in [4.69, 9.17) is 0 Å². The molecule has 0 saturated carbocycles. The molecule has 1 aromatic heterocycles. The van der Waals surface area contributed by atoms with Gasteiger partial charge in [-0.15, -0.1) is 0 Å². The minimum absolute atomic E-state index is 0.0126. The number of aromatic nitrogens is 1. The SMILES string of the molecule is O=C(O)C1CCCN(c2ccc([N+](=O)[O-])c3cnccc23)C1. The van der Waals surface area contributed by atoms with Gasteiger partial charge in [0.1, 0.15) is 0 Å². The molecule has 2 aromatic rings. The van der Waals surface area contributed by atoms with Gasteiger partial charge >= 0.3 is 5.97 Å². The third kappa shape index (κ3) is 2.45. The van der Waals surface area contributed by atoms with E-state index in [-0.39, 0.29) is 5.69 Å². The van der Waals surface area contributed by atoms with Crippen molar-refractivity contribution in [2.24, 2.45) is 5.92 Å². The molecule has 2 heterocycles. The van der Waals surface area contributed by atoms with E-state index in [2.05, 4.69) is 4.98 Å². The molecule has 1 N–H and O–H groups in total. The van der Waals surface area contributed by atoms with Crippen LogP contribution in [-0.2, 0) is 4.79 Å². The number of nitrogens with zero attached hydrogens (tertiary/aromatic N) is 3. The zero-order chi connectivity index (χ0) is 15.7. The molecule has 0 aliphatic carbocycles. The number of fused-ring (bicyclic) bond motifs is 1. The first-order valence-electron chi connectivity index (χ1n) is 7.07. The second-order valence-corrected chi connectivity index (χ2v) is 5.41. The lowest BCUT2D eigenvalue weighted by Gasteiger charge is -2.33. The van der Waals surface area contributed by atoms with Gasteiger partial charge in [0.25, 0.3) is 5.69 Å². The van der Waals surface area contributed by atoms with Crippen molar-refractivity contribution in [3.8, 4) is 0 Å². The zero-order valence-corrected chi connectivity index (χ0v) is 11.8. The van der Waals surface area contributed by atoms with Crippen LogP contribution in [0.25, 0.3) is 10.8 Å². The molecule has 1 unspecified atom stereocenters. The fourth-order valence-electron chi connectivity index (χ4n) is 2.99. The van der Waals surface area contributed by atoms with E-state index in [0.29, 0.717) is 18.4 Å². The molecule has 7 heteroatoms. The lowest BCUT2D eigenvalue weighted by molar-refractivity contribution is -0.383. The minimum Gasteiger partial charge on any atom is -0.481 e. The smallest absolute Gasteiger partial charge is 0.308 e. The Morgan fingerprint density at radius 2 is 2.18 bits per heavy atom. The molecular formula is C15H15N3O4. The summed E-state index contributed by atoms with van der Waals surface area (Å²) in [6, 6.07) is 4.90. The average molecular weight is 301 g/mol. The van der Waals surface area contributed by atoms with Crippen molar-refractivity contribution in [1.82, 2.24) is 4.98 Å². The summed E-state index contributed by atoms with van der Waals surface area (Å²) in [4.78, 5) is 27.9. The van der Waals surface area contributed by atoms with Crippen LogP contribution in [-0.4, -0.2) is 34.1 Å². The maximum absolute atomic E-state index is 11.2. The van der Waals surface area contributed by atoms with Crippen molar-refractivity contribution in [3.63, 3.8) is 0 Å². The highest BCUT2D eigenvalue weighted by Crippen LogP contribution is 2.34. The van der Waals surface area contributed by atoms with Crippen molar-refractivity contribution in [3.05, 3.63) is 40.7 Å². The number of piperidine rings is 1. The Hall–Kier alpha value is -2.70. The maximum atomic E-state index is 11.2. The van der Waals surface area contributed by atoms with Crippen LogP contribution in [0.4, 0.5) is 11.4 Å². The summed E-state index contributed by atoms with van der Waals surface area (Å²) in [6.07, 6.45) is 4.53. The van der Waals surface area contributed by atoms with Crippen LogP contribution in [0.1, 0.15) is 12.8 Å². The number of hydrogen-bond donors (Lipinski definition) is 1. The van der Waals surface area contributed by atoms with E-state index in [1.165, 1.54) is 12.3 Å². The average Bonchev–Trinajstić information content (AvgIpc) is 2.53. The molecule has 22 heavy (non-hydrogen) atoms. The Labute approximate surface area is 126 Å². The molecule has 1 atom stereocenters. The number of carbonyl (C=O) groups is 1. The van der Waals surface area contributed by atoms with Gasteiger partial charge in [0.2, 0.25) is 0 Å². The molecule has 1 saturated heterocycles. The van der Waals surface area contributed by atoms with E-state index in [1.807, 2.05) is 4.90 Å². The van der Waals surface area contributed by atoms with Crippen LogP contribution in [0, 0.1) is 16.0 Å². The molecule has 0 radical (unpaired) electrons. The summed E-state index contributed by atoms with van der Waals surface area (Å²) in [6.45, 7) is 1.17. The van der Waals surface area contributed by atoms with Gasteiger partial charge in [-0.2, -0.15) is 0 Å². The first-order chi connectivity index (χ1) is 10.6. The fraction of sp³-hybridized carbons (Fsp3) is 0.333. The lowest BCUT2D eigenvalue weighted by Crippen LogP contribution is -2.38. The van der Waals surface area contributed by atoms with E-state index >= 15 is 0 Å². The van der Waals surface area contributed by atoms with Crippen LogP contribution in [0.15, 0.2) is 30.6 Å². The highest BCUT2D eigenvalue weighted by atomic mass is 16.6. The summed E-state index contributed by atoms with van der Waals surface area (Å²) >= 11 is 0. The van der Waals surface area contributed by atoms with Crippen LogP contribution in [0.3, 0.4) is 0 Å². The summed E-state index contributed by atoms with van der Waals surface area (Å²) < 4.78 is 0. The molecular weight excluding hydrogens is 286 g/mol. The predicted molar refractivity (Wildman–Crippen MR) is 81.0 cm³/mol. The number of carboxylic acid groups (broad SMARTS) is 1. The second kappa shape index (κ2) is 5.59. The van der Waals surface area contributed by atoms with Crippen molar-refractivity contribution in [2.75, 3.05) is 18.0 Å². The molecule has 3 rings (SSSR count). The number of hydrogen-bond acceptors (Lipinski definition) is 5. The molecule has 1 aromatic carbocycles. The molecule has 0 amide bonds. The number of carboxylic acids is 1. The number of pyridine rings is 1. The normalized spacial score (nSPS) is 18.4. The van der Waals surface area contributed by atoms with Gasteiger partial charge in [0.15, 0.2) is 0 Å². The standard InChI is InChI=1S/C15H15N3O4/c19-15(20)10-2-1-7-17(9-10)13-3-4-14(18(21)22)12-8-16-6-5-11(12)13/h3-6,8,10H,1-2,7,9H2,(H,19,20). The van der Waals surface area contributed by atoms with E-state index in [9.17, 15) is 20.0 Å². The quantitative estimate of drug-likeness (QED) is 0.691. The van der Waals surface area contributed by atoms with Crippen molar-refractivity contribution in [1.29, 1.82) is 0 Å². The van der Waals surface area contributed by atoms with Crippen molar-refractivity contribution in [2.45, 2.75) is 12.8 Å². The molecule has 114 valence electrons. The Morgan fingerprint density at radius 3 is 2.91 bits per heavy atom. The Balaban J connectivity index is 2.06. The Kier molecular flexibility index (Phi) is 3.62. The van der Waals surface area contributed by atoms with Crippen molar-refractivity contribution < 1.29 is 14.8 Å². The number of benzene rings is 1. The van der Waals surface area contributed by atoms with Gasteiger partial charge < -0.3 is 10.0 Å². The highest BCUT2D eigenvalue weighted by Gasteiger charge is 2.27. The molecule has 1 aliphatic rings. The van der Waals surface area contributed by atoms with E-state index < -0.39 is 16.8 Å². The van der Waals surface area contributed by atoms with Gasteiger partial charge in [-0.3, -0.25) is 19.9 Å². The highest BCUT2D eigenvalue weighted by molar-refractivity contribution is 5.99. The van der Waals surface area contributed by atoms with Gasteiger partial charge in [-0.25, -0.2) is 0 Å². The van der Waals surface area contributed by atoms with Gasteiger partial charge in [0, 0.05) is 42.6 Å². The molecule has 0 spiro atoms. The largest absolute Gasteiger partial charge is 0.481 e. The summed E-state index contributed by atoms with van der Waals surface area (Å²) in [5.41, 5.74) is 0.840. The van der Waals surface area contributed by atoms with Crippen LogP contribution >= 0.6 is 0 Å². The third-order valence-electron chi connectivity index (χ3n) is 4.08. The summed E-state index contributed by atoms with van der Waals surface area (Å²) in [5, 5.41) is 21.5. The van der Waals surface area contributed by atoms with Crippen LogP contribution < -0.4 is 4.90 Å². The molecule has 7 nitrogen and oxygen atoms in total. The van der Waals surface area contributed by atoms with E-state index in [1.54, 1.807) is 18.3 Å². The number of nitro benzene ring substituents is 1. The monoisotopic (exact) mass is 301 g/mol. The topological polar surface area (TPSA) is 96.6 Å². The number of rotatable bonds is 3. The first kappa shape index (κ1) is 14.2. The third-order valence-corrected chi connectivity index (χ3v) is 4.08. The van der Waals surface area contributed by atoms with Crippen molar-refractivity contribution >= 4 is 28.1 Å². The van der Waals surface area contributed by atoms with Gasteiger partial charge in [0.05, 0.1) is 16.2 Å². The molecule has 1 fully saturated rings. The number of anilines is 1. The number of non-ortho nitro benzene ring substituents is 1. The van der Waals surface area contributed by atoms with Gasteiger partial charge in [-0.05, 0) is 25.0 Å². The number of aliphatic carboxylic acids is 1. The predicted octanol–water partition coefficient (Wildman–Crippen LogP) is 2.44. The lowest BCUT2D eigenvalue weighted by atomic mass is 9.97. The Morgan fingerprint density at radius 1 is 1.36 bits per heavy atom. The first-order valence-corrected chi connectivity index (χ1v) is 7.07. The number of nitro groups is 1. The fourth-order valence-corrected chi connectivity index (χ4v) is 2.99. The molecule has 0 bridgehead atoms. The van der Waals surface area contributed by atoms with Crippen LogP contribution in [0.2, 0.25) is 0 Å². The zero-order valence-electron chi connectivity index (χ0n) is 11.8.